The van der Waals surface area contributed by atoms with E-state index in [1.165, 1.54) is 16.9 Å². The summed E-state index contributed by atoms with van der Waals surface area (Å²) in [5, 5.41) is 1.96. The molecule has 25 heavy (non-hydrogen) atoms. The second-order valence-corrected chi connectivity index (χ2v) is 7.13. The van der Waals surface area contributed by atoms with Gasteiger partial charge >= 0.3 is 0 Å². The van der Waals surface area contributed by atoms with E-state index in [-0.39, 0.29) is 5.91 Å². The van der Waals surface area contributed by atoms with Crippen LogP contribution in [0, 0.1) is 0 Å². The average Bonchev–Trinajstić information content (AvgIpc) is 3.36. The molecule has 1 aromatic carbocycles. The summed E-state index contributed by atoms with van der Waals surface area (Å²) in [6.45, 7) is 4.35. The van der Waals surface area contributed by atoms with Gasteiger partial charge in [0.15, 0.2) is 0 Å². The van der Waals surface area contributed by atoms with Gasteiger partial charge in [-0.2, -0.15) is 0 Å². The van der Waals surface area contributed by atoms with Crippen LogP contribution in [-0.2, 0) is 6.54 Å². The zero-order valence-corrected chi connectivity index (χ0v) is 14.7. The normalized spacial score (nSPS) is 15.4. The van der Waals surface area contributed by atoms with Crippen LogP contribution in [0.15, 0.2) is 60.5 Å². The van der Waals surface area contributed by atoms with Crippen molar-refractivity contribution in [1.82, 2.24) is 19.4 Å². The first kappa shape index (κ1) is 16.1. The Labute approximate surface area is 151 Å². The molecule has 1 aliphatic heterocycles. The number of imidazole rings is 1. The molecule has 0 bridgehead atoms. The summed E-state index contributed by atoms with van der Waals surface area (Å²) in [7, 11) is 0. The van der Waals surface area contributed by atoms with Crippen molar-refractivity contribution in [3.63, 3.8) is 0 Å². The molecule has 0 radical (unpaired) electrons. The van der Waals surface area contributed by atoms with Crippen molar-refractivity contribution in [2.24, 2.45) is 0 Å². The van der Waals surface area contributed by atoms with E-state index in [4.69, 9.17) is 0 Å². The molecule has 3 heterocycles. The number of nitrogens with zero attached hydrogens (tertiary/aromatic N) is 4. The SMILES string of the molecule is O=C(c1cccs1)N1CCN(Cc2ccc(-n3ccnc3)cc2)CC1. The number of benzene rings is 1. The lowest BCUT2D eigenvalue weighted by atomic mass is 10.1. The zero-order chi connectivity index (χ0) is 17.1. The smallest absolute Gasteiger partial charge is 0.264 e. The number of hydrogen-bond acceptors (Lipinski definition) is 4. The van der Waals surface area contributed by atoms with Crippen LogP contribution in [0.4, 0.5) is 0 Å². The molecule has 1 saturated heterocycles. The van der Waals surface area contributed by atoms with E-state index in [2.05, 4.69) is 34.1 Å². The number of amides is 1. The summed E-state index contributed by atoms with van der Waals surface area (Å²) in [5.74, 6) is 0.166. The van der Waals surface area contributed by atoms with Crippen LogP contribution in [-0.4, -0.2) is 51.4 Å². The molecule has 0 unspecified atom stereocenters. The number of carbonyl (C=O) groups is 1. The lowest BCUT2D eigenvalue weighted by Gasteiger charge is -2.34. The fraction of sp³-hybridized carbons (Fsp3) is 0.263. The van der Waals surface area contributed by atoms with Gasteiger partial charge in [-0.15, -0.1) is 11.3 Å². The quantitative estimate of drug-likeness (QED) is 0.725. The molecule has 4 rings (SSSR count). The highest BCUT2D eigenvalue weighted by atomic mass is 32.1. The Balaban J connectivity index is 1.32. The maximum absolute atomic E-state index is 12.4. The van der Waals surface area contributed by atoms with E-state index in [9.17, 15) is 4.79 Å². The van der Waals surface area contributed by atoms with Gasteiger partial charge in [0.2, 0.25) is 0 Å². The minimum atomic E-state index is 0.166. The van der Waals surface area contributed by atoms with Crippen molar-refractivity contribution in [1.29, 1.82) is 0 Å². The Morgan fingerprint density at radius 1 is 1.08 bits per heavy atom. The van der Waals surface area contributed by atoms with Crippen LogP contribution in [0.25, 0.3) is 5.69 Å². The highest BCUT2D eigenvalue weighted by molar-refractivity contribution is 7.12. The summed E-state index contributed by atoms with van der Waals surface area (Å²) in [6, 6.07) is 12.4. The summed E-state index contributed by atoms with van der Waals surface area (Å²) in [4.78, 5) is 21.7. The van der Waals surface area contributed by atoms with Gasteiger partial charge in [-0.05, 0) is 29.1 Å². The number of rotatable bonds is 4. The van der Waals surface area contributed by atoms with Crippen LogP contribution in [0.3, 0.4) is 0 Å². The molecule has 0 aliphatic carbocycles. The maximum atomic E-state index is 12.4. The van der Waals surface area contributed by atoms with Gasteiger partial charge in [0.25, 0.3) is 5.91 Å². The summed E-state index contributed by atoms with van der Waals surface area (Å²) >= 11 is 1.52. The van der Waals surface area contributed by atoms with Gasteiger partial charge in [0, 0.05) is 50.8 Å². The molecule has 1 fully saturated rings. The van der Waals surface area contributed by atoms with E-state index in [0.717, 1.165) is 43.3 Å². The summed E-state index contributed by atoms with van der Waals surface area (Å²) in [5.41, 5.74) is 2.41. The van der Waals surface area contributed by atoms with Gasteiger partial charge in [-0.1, -0.05) is 18.2 Å². The Morgan fingerprint density at radius 2 is 1.88 bits per heavy atom. The van der Waals surface area contributed by atoms with Crippen molar-refractivity contribution in [2.45, 2.75) is 6.54 Å². The molecule has 0 spiro atoms. The van der Waals surface area contributed by atoms with Crippen molar-refractivity contribution >= 4 is 17.2 Å². The molecule has 0 saturated carbocycles. The van der Waals surface area contributed by atoms with Crippen LogP contribution in [0.5, 0.6) is 0 Å². The third-order valence-corrected chi connectivity index (χ3v) is 5.39. The first-order chi connectivity index (χ1) is 12.3. The molecule has 6 heteroatoms. The third kappa shape index (κ3) is 3.65. The fourth-order valence-electron chi connectivity index (χ4n) is 3.11. The standard InChI is InChI=1S/C19H20N4OS/c24-19(18-2-1-13-25-18)22-11-9-21(10-12-22)14-16-3-5-17(6-4-16)23-8-7-20-15-23/h1-8,13,15H,9-12,14H2. The Hall–Kier alpha value is -2.44. The maximum Gasteiger partial charge on any atom is 0.264 e. The Kier molecular flexibility index (Phi) is 4.63. The number of hydrogen-bond donors (Lipinski definition) is 0. The highest BCUT2D eigenvalue weighted by Gasteiger charge is 2.22. The predicted octanol–water partition coefficient (Wildman–Crippen LogP) is 2.89. The monoisotopic (exact) mass is 352 g/mol. The molecular weight excluding hydrogens is 332 g/mol. The van der Waals surface area contributed by atoms with Crippen LogP contribution < -0.4 is 0 Å². The topological polar surface area (TPSA) is 41.4 Å². The van der Waals surface area contributed by atoms with Crippen LogP contribution >= 0.6 is 11.3 Å². The second kappa shape index (κ2) is 7.21. The minimum absolute atomic E-state index is 0.166. The van der Waals surface area contributed by atoms with E-state index >= 15 is 0 Å². The molecule has 128 valence electrons. The number of aromatic nitrogens is 2. The molecule has 2 aromatic heterocycles. The average molecular weight is 352 g/mol. The predicted molar refractivity (Wildman–Crippen MR) is 99.1 cm³/mol. The Morgan fingerprint density at radius 3 is 2.52 bits per heavy atom. The van der Waals surface area contributed by atoms with E-state index in [1.54, 1.807) is 12.5 Å². The van der Waals surface area contributed by atoms with Gasteiger partial charge in [-0.3, -0.25) is 9.69 Å². The van der Waals surface area contributed by atoms with Crippen molar-refractivity contribution in [3.8, 4) is 5.69 Å². The fourth-order valence-corrected chi connectivity index (χ4v) is 3.80. The van der Waals surface area contributed by atoms with Crippen molar-refractivity contribution in [2.75, 3.05) is 26.2 Å². The molecule has 5 nitrogen and oxygen atoms in total. The molecule has 1 aliphatic rings. The van der Waals surface area contributed by atoms with Gasteiger partial charge in [0.1, 0.15) is 0 Å². The minimum Gasteiger partial charge on any atom is -0.335 e. The number of thiophene rings is 1. The number of carbonyl (C=O) groups excluding carboxylic acids is 1. The van der Waals surface area contributed by atoms with Gasteiger partial charge in [0.05, 0.1) is 11.2 Å². The van der Waals surface area contributed by atoms with Crippen molar-refractivity contribution < 1.29 is 4.79 Å². The molecule has 0 atom stereocenters. The van der Waals surface area contributed by atoms with Crippen LogP contribution in [0.1, 0.15) is 15.2 Å². The first-order valence-corrected chi connectivity index (χ1v) is 9.30. The second-order valence-electron chi connectivity index (χ2n) is 6.18. The first-order valence-electron chi connectivity index (χ1n) is 8.42. The van der Waals surface area contributed by atoms with E-state index < -0.39 is 0 Å². The molecule has 3 aromatic rings. The molecular formula is C19H20N4OS. The highest BCUT2D eigenvalue weighted by Crippen LogP contribution is 2.16. The lowest BCUT2D eigenvalue weighted by molar-refractivity contribution is 0.0633. The van der Waals surface area contributed by atoms with E-state index in [0.29, 0.717) is 0 Å². The molecule has 1 amide bonds. The largest absolute Gasteiger partial charge is 0.335 e. The zero-order valence-electron chi connectivity index (χ0n) is 13.9. The molecule has 0 N–H and O–H groups in total. The lowest BCUT2D eigenvalue weighted by Crippen LogP contribution is -2.48. The summed E-state index contributed by atoms with van der Waals surface area (Å²) < 4.78 is 2.00. The summed E-state index contributed by atoms with van der Waals surface area (Å²) in [6.07, 6.45) is 5.53. The third-order valence-electron chi connectivity index (χ3n) is 4.54. The number of piperazine rings is 1. The van der Waals surface area contributed by atoms with E-state index in [1.807, 2.05) is 33.2 Å². The van der Waals surface area contributed by atoms with Gasteiger partial charge < -0.3 is 9.47 Å². The van der Waals surface area contributed by atoms with Crippen LogP contribution in [0.2, 0.25) is 0 Å². The Bertz CT molecular complexity index is 804. The van der Waals surface area contributed by atoms with Gasteiger partial charge in [-0.25, -0.2) is 4.98 Å². The van der Waals surface area contributed by atoms with Crippen molar-refractivity contribution in [3.05, 3.63) is 70.9 Å².